The number of benzene rings is 1. The number of aliphatic carboxylic acids is 1. The molecule has 3 N–H and O–H groups in total. The smallest absolute Gasteiger partial charge is 0.303 e. The normalized spacial score (nSPS) is 24.6. The molecular formula is C23H28F2O4S. The number of hydrogen-bond acceptors (Lipinski definition) is 4. The van der Waals surface area contributed by atoms with Crippen LogP contribution >= 0.6 is 11.3 Å². The van der Waals surface area contributed by atoms with Crippen molar-refractivity contribution in [2.45, 2.75) is 63.1 Å². The molecule has 1 aromatic carbocycles. The summed E-state index contributed by atoms with van der Waals surface area (Å²) < 4.78 is 30.0. The van der Waals surface area contributed by atoms with Crippen LogP contribution in [0.1, 0.15) is 55.9 Å². The van der Waals surface area contributed by atoms with Crippen LogP contribution in [0.5, 0.6) is 0 Å². The summed E-state index contributed by atoms with van der Waals surface area (Å²) in [6.07, 6.45) is 2.89. The van der Waals surface area contributed by atoms with E-state index in [0.29, 0.717) is 25.7 Å². The number of allylic oxidation sites excluding steroid dienone is 2. The third-order valence-corrected chi connectivity index (χ3v) is 7.12. The molecular weight excluding hydrogens is 410 g/mol. The summed E-state index contributed by atoms with van der Waals surface area (Å²) in [6, 6.07) is 9.76. The standard InChI is InChI=1S/C23H28F2O4S/c24-23(25)14-19(27)16(17(23)8-3-1-2-4-10-22(28)29)11-12-18(26)21-13-15-7-5-6-9-20(15)30-21/h1,3,5-7,9,13,16-19,26-27H,2,4,8,10-12,14H2,(H,28,29)/b3-1-/t16-,17-,18-,19-/m1/s1. The Hall–Kier alpha value is -1.83. The van der Waals surface area contributed by atoms with Gasteiger partial charge in [-0.3, -0.25) is 4.79 Å². The zero-order chi connectivity index (χ0) is 21.7. The first kappa shape index (κ1) is 22.8. The van der Waals surface area contributed by atoms with E-state index in [1.807, 2.05) is 30.3 Å². The fourth-order valence-corrected chi connectivity index (χ4v) is 5.38. The highest BCUT2D eigenvalue weighted by Crippen LogP contribution is 2.49. The van der Waals surface area contributed by atoms with Gasteiger partial charge in [-0.2, -0.15) is 0 Å². The average molecular weight is 439 g/mol. The van der Waals surface area contributed by atoms with Gasteiger partial charge in [-0.05, 0) is 55.5 Å². The van der Waals surface area contributed by atoms with Crippen LogP contribution in [0.2, 0.25) is 0 Å². The van der Waals surface area contributed by atoms with Crippen LogP contribution < -0.4 is 0 Å². The third-order valence-electron chi connectivity index (χ3n) is 5.90. The van der Waals surface area contributed by atoms with Gasteiger partial charge in [0.25, 0.3) is 5.92 Å². The Labute approximate surface area is 178 Å². The fraction of sp³-hybridized carbons (Fsp3) is 0.522. The minimum Gasteiger partial charge on any atom is -0.481 e. The Morgan fingerprint density at radius 2 is 2.07 bits per heavy atom. The SMILES string of the molecule is O=C(O)CCC/C=C\C[C@@H]1[C@@H](CC[C@@H](O)c2cc3ccccc3s2)[C@H](O)CC1(F)F. The molecule has 1 aliphatic carbocycles. The topological polar surface area (TPSA) is 77.8 Å². The second-order valence-corrected chi connectivity index (χ2v) is 9.19. The largest absolute Gasteiger partial charge is 0.481 e. The summed E-state index contributed by atoms with van der Waals surface area (Å²) in [5, 5.41) is 30.5. The summed E-state index contributed by atoms with van der Waals surface area (Å²) in [6.45, 7) is 0. The number of unbranched alkanes of at least 4 members (excludes halogenated alkanes) is 1. The second-order valence-electron chi connectivity index (χ2n) is 8.08. The number of carboxylic acid groups (broad SMARTS) is 1. The van der Waals surface area contributed by atoms with Crippen molar-refractivity contribution in [3.8, 4) is 0 Å². The molecule has 2 aromatic rings. The van der Waals surface area contributed by atoms with Crippen LogP contribution in [-0.2, 0) is 4.79 Å². The quantitative estimate of drug-likeness (QED) is 0.336. The minimum atomic E-state index is -2.95. The number of halogens is 2. The molecule has 0 amide bonds. The maximum atomic E-state index is 14.4. The van der Waals surface area contributed by atoms with Crippen molar-refractivity contribution in [2.24, 2.45) is 11.8 Å². The molecule has 3 rings (SSSR count). The Morgan fingerprint density at radius 1 is 1.30 bits per heavy atom. The van der Waals surface area contributed by atoms with E-state index >= 15 is 0 Å². The zero-order valence-corrected chi connectivity index (χ0v) is 17.5. The van der Waals surface area contributed by atoms with Gasteiger partial charge in [-0.1, -0.05) is 30.4 Å². The molecule has 1 aliphatic rings. The van der Waals surface area contributed by atoms with E-state index in [0.717, 1.165) is 15.0 Å². The molecule has 0 bridgehead atoms. The van der Waals surface area contributed by atoms with Crippen molar-refractivity contribution in [1.82, 2.24) is 0 Å². The van der Waals surface area contributed by atoms with Crippen LogP contribution in [0.15, 0.2) is 42.5 Å². The summed E-state index contributed by atoms with van der Waals surface area (Å²) in [5.41, 5.74) is 0. The van der Waals surface area contributed by atoms with Gasteiger partial charge < -0.3 is 15.3 Å². The number of hydrogen-bond donors (Lipinski definition) is 3. The number of carboxylic acids is 1. The molecule has 4 nitrogen and oxygen atoms in total. The highest BCUT2D eigenvalue weighted by atomic mass is 32.1. The van der Waals surface area contributed by atoms with Gasteiger partial charge in [0.15, 0.2) is 0 Å². The van der Waals surface area contributed by atoms with Crippen molar-refractivity contribution < 1.29 is 28.9 Å². The van der Waals surface area contributed by atoms with Crippen LogP contribution in [-0.4, -0.2) is 33.3 Å². The number of carbonyl (C=O) groups is 1. The molecule has 1 aromatic heterocycles. The Kier molecular flexibility index (Phi) is 7.60. The van der Waals surface area contributed by atoms with E-state index in [2.05, 4.69) is 0 Å². The van der Waals surface area contributed by atoms with Crippen molar-refractivity contribution in [2.75, 3.05) is 0 Å². The minimum absolute atomic E-state index is 0.0564. The Morgan fingerprint density at radius 3 is 2.80 bits per heavy atom. The zero-order valence-electron chi connectivity index (χ0n) is 16.7. The number of alkyl halides is 2. The van der Waals surface area contributed by atoms with Crippen LogP contribution in [0.25, 0.3) is 10.1 Å². The molecule has 164 valence electrons. The van der Waals surface area contributed by atoms with Crippen molar-refractivity contribution in [3.63, 3.8) is 0 Å². The molecule has 1 fully saturated rings. The molecule has 4 atom stereocenters. The van der Waals surface area contributed by atoms with Crippen molar-refractivity contribution >= 4 is 27.4 Å². The number of rotatable bonds is 10. The molecule has 0 radical (unpaired) electrons. The highest BCUT2D eigenvalue weighted by molar-refractivity contribution is 7.19. The van der Waals surface area contributed by atoms with E-state index in [-0.39, 0.29) is 12.8 Å². The number of fused-ring (bicyclic) bond motifs is 1. The third kappa shape index (κ3) is 5.65. The number of thiophene rings is 1. The Balaban J connectivity index is 1.57. The van der Waals surface area contributed by atoms with E-state index < -0.39 is 42.4 Å². The molecule has 7 heteroatoms. The molecule has 0 aliphatic heterocycles. The molecule has 0 saturated heterocycles. The van der Waals surface area contributed by atoms with Gasteiger partial charge in [-0.15, -0.1) is 11.3 Å². The molecule has 0 spiro atoms. The van der Waals surface area contributed by atoms with Crippen LogP contribution in [0.4, 0.5) is 8.78 Å². The number of aliphatic hydroxyl groups excluding tert-OH is 2. The second kappa shape index (κ2) is 9.98. The maximum Gasteiger partial charge on any atom is 0.303 e. The van der Waals surface area contributed by atoms with E-state index in [9.17, 15) is 23.8 Å². The van der Waals surface area contributed by atoms with Gasteiger partial charge in [0.05, 0.1) is 12.2 Å². The van der Waals surface area contributed by atoms with Crippen LogP contribution in [0.3, 0.4) is 0 Å². The van der Waals surface area contributed by atoms with Gasteiger partial charge in [0.2, 0.25) is 0 Å². The van der Waals surface area contributed by atoms with Gasteiger partial charge in [0.1, 0.15) is 0 Å². The lowest BCUT2D eigenvalue weighted by Crippen LogP contribution is -2.26. The lowest BCUT2D eigenvalue weighted by molar-refractivity contribution is -0.137. The van der Waals surface area contributed by atoms with Gasteiger partial charge in [0, 0.05) is 28.3 Å². The lowest BCUT2D eigenvalue weighted by Gasteiger charge is -2.24. The lowest BCUT2D eigenvalue weighted by atomic mass is 9.85. The predicted octanol–water partition coefficient (Wildman–Crippen LogP) is 5.55. The van der Waals surface area contributed by atoms with Gasteiger partial charge in [-0.25, -0.2) is 8.78 Å². The first-order valence-corrected chi connectivity index (χ1v) is 11.2. The van der Waals surface area contributed by atoms with Crippen molar-refractivity contribution in [1.29, 1.82) is 0 Å². The first-order chi connectivity index (χ1) is 14.3. The highest BCUT2D eigenvalue weighted by Gasteiger charge is 2.53. The van der Waals surface area contributed by atoms with E-state index in [4.69, 9.17) is 5.11 Å². The maximum absolute atomic E-state index is 14.4. The first-order valence-electron chi connectivity index (χ1n) is 10.4. The fourth-order valence-electron chi connectivity index (χ4n) is 4.29. The summed E-state index contributed by atoms with van der Waals surface area (Å²) in [5.74, 6) is -5.37. The van der Waals surface area contributed by atoms with Gasteiger partial charge >= 0.3 is 5.97 Å². The number of aliphatic hydroxyl groups is 2. The summed E-state index contributed by atoms with van der Waals surface area (Å²) in [7, 11) is 0. The summed E-state index contributed by atoms with van der Waals surface area (Å²) in [4.78, 5) is 11.3. The monoisotopic (exact) mass is 438 g/mol. The summed E-state index contributed by atoms with van der Waals surface area (Å²) >= 11 is 1.50. The molecule has 1 heterocycles. The molecule has 1 saturated carbocycles. The molecule has 0 unspecified atom stereocenters. The Bertz CT molecular complexity index is 846. The van der Waals surface area contributed by atoms with E-state index in [1.165, 1.54) is 11.3 Å². The predicted molar refractivity (Wildman–Crippen MR) is 114 cm³/mol. The van der Waals surface area contributed by atoms with Crippen LogP contribution in [0, 0.1) is 11.8 Å². The average Bonchev–Trinajstić information content (AvgIpc) is 3.20. The van der Waals surface area contributed by atoms with E-state index in [1.54, 1.807) is 12.2 Å². The van der Waals surface area contributed by atoms with Crippen molar-refractivity contribution in [3.05, 3.63) is 47.4 Å². The molecule has 30 heavy (non-hydrogen) atoms.